The van der Waals surface area contributed by atoms with Crippen molar-refractivity contribution in [3.63, 3.8) is 0 Å². The molecule has 1 saturated heterocycles. The fraction of sp³-hybridized carbons (Fsp3) is 0.765. The number of piperidine rings is 1. The molecule has 1 heterocycles. The Morgan fingerprint density at radius 3 is 2.40 bits per heavy atom. The van der Waals surface area contributed by atoms with E-state index in [-0.39, 0.29) is 0 Å². The van der Waals surface area contributed by atoms with Crippen LogP contribution in [0.15, 0.2) is 24.4 Å². The molecule has 3 nitrogen and oxygen atoms in total. The van der Waals surface area contributed by atoms with Gasteiger partial charge in [0.1, 0.15) is 0 Å². The third-order valence-corrected chi connectivity index (χ3v) is 5.06. The van der Waals surface area contributed by atoms with Gasteiger partial charge in [0.05, 0.1) is 0 Å². The summed E-state index contributed by atoms with van der Waals surface area (Å²) < 4.78 is 0. The molecule has 4 unspecified atom stereocenters. The highest BCUT2D eigenvalue weighted by molar-refractivity contribution is 5.14. The van der Waals surface area contributed by atoms with Crippen molar-refractivity contribution in [1.82, 2.24) is 15.5 Å². The van der Waals surface area contributed by atoms with E-state index in [0.717, 1.165) is 0 Å². The van der Waals surface area contributed by atoms with Gasteiger partial charge in [-0.15, -0.1) is 0 Å². The van der Waals surface area contributed by atoms with Crippen molar-refractivity contribution < 1.29 is 0 Å². The Labute approximate surface area is 125 Å². The van der Waals surface area contributed by atoms with E-state index in [1.54, 1.807) is 0 Å². The summed E-state index contributed by atoms with van der Waals surface area (Å²) in [6.07, 6.45) is 2.48. The third-order valence-electron chi connectivity index (χ3n) is 5.06. The van der Waals surface area contributed by atoms with Crippen LogP contribution >= 0.6 is 0 Å². The quantitative estimate of drug-likeness (QED) is 0.732. The van der Waals surface area contributed by atoms with Crippen LogP contribution in [-0.4, -0.2) is 43.2 Å². The van der Waals surface area contributed by atoms with Crippen LogP contribution in [0.5, 0.6) is 0 Å². The molecular formula is C17H33N3. The molecule has 20 heavy (non-hydrogen) atoms. The van der Waals surface area contributed by atoms with Crippen LogP contribution in [0.4, 0.5) is 0 Å². The van der Waals surface area contributed by atoms with E-state index >= 15 is 0 Å². The van der Waals surface area contributed by atoms with Gasteiger partial charge >= 0.3 is 0 Å². The second kappa shape index (κ2) is 7.28. The van der Waals surface area contributed by atoms with E-state index in [1.165, 1.54) is 24.1 Å². The normalized spacial score (nSPS) is 29.6. The SMILES string of the molecule is C=C(C)C(C)N(C)C(=C)C1NC(C(C)NC)CC[C@@H]1C. The second-order valence-corrected chi connectivity index (χ2v) is 6.51. The van der Waals surface area contributed by atoms with E-state index < -0.39 is 0 Å². The van der Waals surface area contributed by atoms with Gasteiger partial charge in [-0.1, -0.05) is 25.7 Å². The fourth-order valence-corrected chi connectivity index (χ4v) is 2.91. The van der Waals surface area contributed by atoms with Crippen LogP contribution < -0.4 is 10.6 Å². The van der Waals surface area contributed by atoms with Gasteiger partial charge in [0.2, 0.25) is 0 Å². The molecule has 0 spiro atoms. The van der Waals surface area contributed by atoms with Gasteiger partial charge in [0.25, 0.3) is 0 Å². The molecule has 1 fully saturated rings. The molecule has 0 radical (unpaired) electrons. The summed E-state index contributed by atoms with van der Waals surface area (Å²) in [7, 11) is 4.16. The van der Waals surface area contributed by atoms with Gasteiger partial charge in [-0.3, -0.25) is 0 Å². The van der Waals surface area contributed by atoms with Crippen molar-refractivity contribution in [3.8, 4) is 0 Å². The molecule has 3 heteroatoms. The molecule has 1 rings (SSSR count). The van der Waals surface area contributed by atoms with Crippen LogP contribution in [0.3, 0.4) is 0 Å². The summed E-state index contributed by atoms with van der Waals surface area (Å²) in [4.78, 5) is 2.27. The van der Waals surface area contributed by atoms with Crippen LogP contribution in [0.1, 0.15) is 40.5 Å². The molecule has 0 bridgehead atoms. The minimum Gasteiger partial charge on any atom is -0.371 e. The molecule has 1 aliphatic heterocycles. The molecule has 2 N–H and O–H groups in total. The number of nitrogens with one attached hydrogen (secondary N) is 2. The highest BCUT2D eigenvalue weighted by atomic mass is 15.2. The van der Waals surface area contributed by atoms with Crippen molar-refractivity contribution in [3.05, 3.63) is 24.4 Å². The standard InChI is InChI=1S/C17H33N3/c1-11(2)14(5)20(8)15(6)17-12(3)9-10-16(19-17)13(4)18-7/h12-14,16-19H,1,6,9-10H2,2-5,7-8H3/t12-,13?,14?,16?,17?/m0/s1. The summed E-state index contributed by atoms with van der Waals surface area (Å²) in [6.45, 7) is 17.3. The van der Waals surface area contributed by atoms with Gasteiger partial charge in [-0.05, 0) is 46.6 Å². The van der Waals surface area contributed by atoms with E-state index in [1.807, 2.05) is 7.05 Å². The average molecular weight is 279 g/mol. The maximum atomic E-state index is 4.35. The van der Waals surface area contributed by atoms with E-state index in [0.29, 0.717) is 30.1 Å². The highest BCUT2D eigenvalue weighted by Gasteiger charge is 2.32. The largest absolute Gasteiger partial charge is 0.371 e. The first-order valence-electron chi connectivity index (χ1n) is 7.79. The lowest BCUT2D eigenvalue weighted by Crippen LogP contribution is -2.56. The van der Waals surface area contributed by atoms with E-state index in [9.17, 15) is 0 Å². The minimum atomic E-state index is 0.332. The first-order chi connectivity index (χ1) is 9.29. The first kappa shape index (κ1) is 17.3. The maximum absolute atomic E-state index is 4.35. The molecule has 0 aromatic carbocycles. The van der Waals surface area contributed by atoms with Gasteiger partial charge in [0.15, 0.2) is 0 Å². The van der Waals surface area contributed by atoms with Crippen molar-refractivity contribution in [2.75, 3.05) is 14.1 Å². The maximum Gasteiger partial charge on any atom is 0.0494 e. The number of nitrogens with zero attached hydrogens (tertiary/aromatic N) is 1. The molecule has 5 atom stereocenters. The molecule has 0 aliphatic carbocycles. The molecule has 0 aromatic rings. The average Bonchev–Trinajstić information content (AvgIpc) is 2.44. The zero-order chi connectivity index (χ0) is 15.4. The minimum absolute atomic E-state index is 0.332. The van der Waals surface area contributed by atoms with Crippen LogP contribution in [0.2, 0.25) is 0 Å². The van der Waals surface area contributed by atoms with E-state index in [4.69, 9.17) is 0 Å². The first-order valence-corrected chi connectivity index (χ1v) is 7.79. The van der Waals surface area contributed by atoms with Crippen LogP contribution in [0, 0.1) is 5.92 Å². The summed E-state index contributed by atoms with van der Waals surface area (Å²) in [6, 6.07) is 1.70. The molecule has 0 aromatic heterocycles. The number of hydrogen-bond donors (Lipinski definition) is 2. The Morgan fingerprint density at radius 2 is 1.90 bits per heavy atom. The monoisotopic (exact) mass is 279 g/mol. The number of hydrogen-bond acceptors (Lipinski definition) is 3. The number of rotatable bonds is 6. The van der Waals surface area contributed by atoms with Gasteiger partial charge < -0.3 is 15.5 Å². The third kappa shape index (κ3) is 3.86. The fourth-order valence-electron chi connectivity index (χ4n) is 2.91. The lowest BCUT2D eigenvalue weighted by Gasteiger charge is -2.43. The lowest BCUT2D eigenvalue weighted by atomic mass is 9.84. The summed E-state index contributed by atoms with van der Waals surface area (Å²) in [5.74, 6) is 0.627. The van der Waals surface area contributed by atoms with Gasteiger partial charge in [-0.25, -0.2) is 0 Å². The predicted molar refractivity (Wildman–Crippen MR) is 88.8 cm³/mol. The van der Waals surface area contributed by atoms with Crippen molar-refractivity contribution in [1.29, 1.82) is 0 Å². The Morgan fingerprint density at radius 1 is 1.30 bits per heavy atom. The second-order valence-electron chi connectivity index (χ2n) is 6.51. The van der Waals surface area contributed by atoms with Gasteiger partial charge in [0, 0.05) is 36.9 Å². The van der Waals surface area contributed by atoms with Gasteiger partial charge in [-0.2, -0.15) is 0 Å². The summed E-state index contributed by atoms with van der Waals surface area (Å²) in [5, 5.41) is 7.15. The summed E-state index contributed by atoms with van der Waals surface area (Å²) in [5.41, 5.74) is 2.36. The van der Waals surface area contributed by atoms with Crippen LogP contribution in [-0.2, 0) is 0 Å². The van der Waals surface area contributed by atoms with Crippen molar-refractivity contribution in [2.24, 2.45) is 5.92 Å². The lowest BCUT2D eigenvalue weighted by molar-refractivity contribution is 0.202. The molecule has 1 aliphatic rings. The molecule has 0 saturated carbocycles. The molecular weight excluding hydrogens is 246 g/mol. The zero-order valence-electron chi connectivity index (χ0n) is 14.2. The smallest absolute Gasteiger partial charge is 0.0494 e. The molecule has 116 valence electrons. The van der Waals surface area contributed by atoms with E-state index in [2.05, 4.69) is 63.4 Å². The number of likely N-dealkylation sites (N-methyl/N-ethyl adjacent to an activating group) is 2. The van der Waals surface area contributed by atoms with Crippen molar-refractivity contribution >= 4 is 0 Å². The Balaban J connectivity index is 2.76. The Hall–Kier alpha value is -0.800. The Kier molecular flexibility index (Phi) is 6.28. The molecule has 0 amide bonds. The highest BCUT2D eigenvalue weighted by Crippen LogP contribution is 2.27. The summed E-state index contributed by atoms with van der Waals surface area (Å²) >= 11 is 0. The topological polar surface area (TPSA) is 27.3 Å². The van der Waals surface area contributed by atoms with Crippen LogP contribution in [0.25, 0.3) is 0 Å². The predicted octanol–water partition coefficient (Wildman–Crippen LogP) is 2.76. The van der Waals surface area contributed by atoms with Crippen molar-refractivity contribution in [2.45, 2.75) is 64.7 Å². The zero-order valence-corrected chi connectivity index (χ0v) is 14.2. The Bertz CT molecular complexity index is 350.